The number of hydrogen-bond acceptors (Lipinski definition) is 16. The Kier molecular flexibility index (Phi) is 118. The SMILES string of the molecule is C.C.C.C.C.C.C.C.C.C.C.C.C.C.C.C.C.C.C.C.C.C[SiH](O[Si](C)(C)O[Si](C)(C)C[Si]1(C)OCCC[Si](C)(C)O1)O[Si](C)(C)O[Si](C)(C)C[Si]1(C)OCCC[Si](C)(C[Si](C)(C)O[Si](C)(C)OC[Si]2(C)OCCC[Si](C)(C)O2)O[Si](C)(C)O1.N.N.N.[3HH].[H-].[H-].[K+].[K+]. The van der Waals surface area contributed by atoms with E-state index < -0.39 is 119 Å². The van der Waals surface area contributed by atoms with Gasteiger partial charge in [-0.15, -0.1) is 0 Å². The minimum atomic E-state index is -2.70. The van der Waals surface area contributed by atoms with Crippen molar-refractivity contribution >= 4 is 119 Å². The monoisotopic (exact) mass is 1600 g/mol. The summed E-state index contributed by atoms with van der Waals surface area (Å²) in [5, 5.41) is 0. The summed E-state index contributed by atoms with van der Waals surface area (Å²) in [6.07, 6.45) is 3.64. The Labute approximate surface area is 677 Å². The van der Waals surface area contributed by atoms with Crippen LogP contribution in [0.4, 0.5) is 0 Å². The van der Waals surface area contributed by atoms with Gasteiger partial charge in [0.2, 0.25) is 0 Å². The van der Waals surface area contributed by atoms with Crippen LogP contribution in [0.1, 0.15) is 180 Å². The smallest absolute Gasteiger partial charge is 1.00 e. The van der Waals surface area contributed by atoms with E-state index in [9.17, 15) is 0 Å². The van der Waals surface area contributed by atoms with Gasteiger partial charge in [-0.2, -0.15) is 0 Å². The first-order chi connectivity index (χ1) is 28.0. The second kappa shape index (κ2) is 63.4. The molecule has 5 atom stereocenters. The Hall–Kier alpha value is 5.67. The van der Waals surface area contributed by atoms with Gasteiger partial charge in [0.05, 0.1) is 6.23 Å². The third kappa shape index (κ3) is 65.4. The Morgan fingerprint density at radius 2 is 0.629 bits per heavy atom. The fourth-order valence-corrected chi connectivity index (χ4v) is 90.3. The van der Waals surface area contributed by atoms with E-state index in [-0.39, 0.29) is 281 Å². The molecule has 32 heteroatoms. The van der Waals surface area contributed by atoms with Crippen LogP contribution in [-0.4, -0.2) is 145 Å². The van der Waals surface area contributed by atoms with Crippen molar-refractivity contribution in [2.24, 2.45) is 0 Å². The summed E-state index contributed by atoms with van der Waals surface area (Å²) < 4.78 is 89.4. The zero-order valence-electron chi connectivity index (χ0n) is 50.7. The van der Waals surface area contributed by atoms with E-state index in [1.54, 1.807) is 0 Å². The van der Waals surface area contributed by atoms with Crippen LogP contribution < -0.4 is 121 Å². The molecule has 0 bridgehead atoms. The van der Waals surface area contributed by atoms with Gasteiger partial charge in [0.25, 0.3) is 0 Å². The molecule has 3 aliphatic rings. The Morgan fingerprint density at radius 3 is 0.955 bits per heavy atom. The summed E-state index contributed by atoms with van der Waals surface area (Å²) in [5.41, 5.74) is 2.70. The molecule has 89 heavy (non-hydrogen) atoms. The Bertz CT molecular complexity index is 1560. The first-order valence-corrected chi connectivity index (χ1v) is 63.2. The van der Waals surface area contributed by atoms with Crippen LogP contribution in [0.5, 0.6) is 0 Å². The molecule has 3 aliphatic heterocycles. The predicted octanol–water partition coefficient (Wildman–Crippen LogP) is 19.4. The molecule has 0 amide bonds. The van der Waals surface area contributed by atoms with Gasteiger partial charge >= 0.3 is 172 Å². The van der Waals surface area contributed by atoms with Crippen molar-refractivity contribution in [1.82, 2.24) is 18.5 Å². The topological polar surface area (TPSA) is 225 Å². The van der Waals surface area contributed by atoms with Crippen LogP contribution in [-0.2, 0) is 54.7 Å². The fourth-order valence-electron chi connectivity index (χ4n) is 11.0. The summed E-state index contributed by atoms with van der Waals surface area (Å²) >= 11 is 0. The quantitative estimate of drug-likeness (QED) is 0.102. The first kappa shape index (κ1) is 166. The van der Waals surface area contributed by atoms with Gasteiger partial charge in [0, 0.05) is 32.6 Å². The molecule has 572 valence electrons. The molecule has 3 fully saturated rings. The molecule has 3 saturated heterocycles. The molecule has 0 aromatic heterocycles. The molecule has 0 aromatic rings. The molecule has 3 rings (SSSR count). The molecular weight excluding hydrogens is 1410 g/mol. The van der Waals surface area contributed by atoms with Gasteiger partial charge < -0.3 is 76.0 Å². The van der Waals surface area contributed by atoms with Crippen LogP contribution in [0.3, 0.4) is 0 Å². The number of rotatable bonds is 19. The van der Waals surface area contributed by atoms with E-state index >= 15 is 0 Å². The van der Waals surface area contributed by atoms with Crippen molar-refractivity contribution < 1.29 is 162 Å². The molecule has 0 radical (unpaired) electrons. The summed E-state index contributed by atoms with van der Waals surface area (Å²) in [6, 6.07) is 3.31. The van der Waals surface area contributed by atoms with Crippen LogP contribution in [0.25, 0.3) is 0 Å². The van der Waals surface area contributed by atoms with E-state index in [1.807, 2.05) is 0 Å². The van der Waals surface area contributed by atoms with E-state index in [0.717, 1.165) is 67.6 Å². The summed E-state index contributed by atoms with van der Waals surface area (Å²) in [6.45, 7) is 54.1. The van der Waals surface area contributed by atoms with E-state index in [0.29, 0.717) is 12.8 Å². The second-order valence-corrected chi connectivity index (χ2v) is 78.9. The molecule has 0 saturated carbocycles. The summed E-state index contributed by atoms with van der Waals surface area (Å²) in [7, 11) is -32.3. The molecule has 16 nitrogen and oxygen atoms in total. The first-order valence-electron chi connectivity index (χ1n) is 23.8. The second-order valence-electron chi connectivity index (χ2n) is 24.4. The normalized spacial score (nSPS) is 22.1. The van der Waals surface area contributed by atoms with Gasteiger partial charge in [-0.3, -0.25) is 0 Å². The van der Waals surface area contributed by atoms with Gasteiger partial charge in [0.15, 0.2) is 49.9 Å². The maximum absolute atomic E-state index is 7.36. The summed E-state index contributed by atoms with van der Waals surface area (Å²) in [5.74, 6) is 0. The molecule has 0 aromatic carbocycles. The summed E-state index contributed by atoms with van der Waals surface area (Å²) in [4.78, 5) is 0. The largest absolute Gasteiger partial charge is 1.00 e. The van der Waals surface area contributed by atoms with Crippen LogP contribution in [0, 0.1) is 0 Å². The third-order valence-corrected chi connectivity index (χ3v) is 73.6. The van der Waals surface area contributed by atoms with E-state index in [1.165, 1.54) is 0 Å². The van der Waals surface area contributed by atoms with E-state index in [4.69, 9.17) is 54.7 Å². The fraction of sp³-hybridized carbons (Fsp3) is 1.00. The molecule has 3 heterocycles. The van der Waals surface area contributed by atoms with Gasteiger partial charge in [-0.1, -0.05) is 156 Å². The predicted molar refractivity (Wildman–Crippen MR) is 454 cm³/mol. The van der Waals surface area contributed by atoms with Crippen molar-refractivity contribution in [2.45, 2.75) is 361 Å². The van der Waals surface area contributed by atoms with Crippen molar-refractivity contribution in [2.75, 3.05) is 26.1 Å². The van der Waals surface area contributed by atoms with Crippen molar-refractivity contribution in [1.29, 1.82) is 0 Å². The Morgan fingerprint density at radius 1 is 0.371 bits per heavy atom. The Balaban J connectivity index is -0.0000000583. The standard InChI is InChI=1S/C36H96O13Si14.21CH4.2K.3H3N.H2.2H/c1-50(41-57(14,15)44-54(8,9)35-62(22)38-28-25-31-52(4,5)47-62)42-58(16,17)45-55(10,11)36-63(23)39-29-26-32-60(20,48-59(18,19)49-63)34-53(6,7)43-56(12,13)40-33-61(21)37-27-24-30-51(2,3)46-61;;;;;;;;;;;;;;;;;;;;;;;;;;;;;/h50H,24-36H2,1-23H3;21*1H4;;;3*1H3;1H;;/q;;;;;;;;;;;;;;;;;;;;;;2*+1;;;;;2*-1/i;;;;;;;;;;;;;;;;;;;;;;;;;;;1+2;;. The van der Waals surface area contributed by atoms with Crippen LogP contribution in [0.2, 0.25) is 186 Å². The molecule has 9 N–H and O–H groups in total. The molecule has 0 spiro atoms. The molecular formula is C57H193K2N3O13Si14. The van der Waals surface area contributed by atoms with Gasteiger partial charge in [-0.25, -0.2) is 0 Å². The molecule has 5 unspecified atom stereocenters. The third-order valence-electron chi connectivity index (χ3n) is 11.3. The van der Waals surface area contributed by atoms with Crippen molar-refractivity contribution in [3.63, 3.8) is 0 Å². The average Bonchev–Trinajstić information content (AvgIpc) is 3.19. The van der Waals surface area contributed by atoms with Crippen LogP contribution in [0.15, 0.2) is 0 Å². The van der Waals surface area contributed by atoms with Crippen molar-refractivity contribution in [3.8, 4) is 0 Å². The minimum absolute atomic E-state index is 0. The maximum Gasteiger partial charge on any atom is 1.00 e. The maximum atomic E-state index is 7.36. The zero-order valence-corrected chi connectivity index (χ0v) is 69.1. The van der Waals surface area contributed by atoms with Gasteiger partial charge in [0.1, 0.15) is 0 Å². The van der Waals surface area contributed by atoms with E-state index in [2.05, 4.69) is 151 Å². The number of hydrogen-bond donors (Lipinski definition) is 3. The van der Waals surface area contributed by atoms with Crippen LogP contribution >= 0.6 is 0 Å². The van der Waals surface area contributed by atoms with Crippen molar-refractivity contribution in [3.05, 3.63) is 0 Å². The minimum Gasteiger partial charge on any atom is -1.00 e. The van der Waals surface area contributed by atoms with Gasteiger partial charge in [-0.05, 0) is 194 Å². The molecule has 0 aliphatic carbocycles. The average molecular weight is 1600 g/mol. The zero-order chi connectivity index (χ0) is 48.5.